The van der Waals surface area contributed by atoms with Gasteiger partial charge < -0.3 is 13.7 Å². The molecule has 0 aromatic heterocycles. The third-order valence-corrected chi connectivity index (χ3v) is 9.17. The second kappa shape index (κ2) is 12.1. The number of hydrogen-bond acceptors (Lipinski definition) is 3. The van der Waals surface area contributed by atoms with Crippen LogP contribution in [0.1, 0.15) is 80.1 Å². The van der Waals surface area contributed by atoms with E-state index in [1.165, 1.54) is 0 Å². The van der Waals surface area contributed by atoms with Crippen molar-refractivity contribution in [1.29, 1.82) is 0 Å². The molecule has 0 spiro atoms. The molecular weight excluding hydrogens is 346 g/mol. The molecule has 0 saturated carbocycles. The summed E-state index contributed by atoms with van der Waals surface area (Å²) in [5.74, 6) is 0.0723. The third kappa shape index (κ3) is 5.56. The van der Waals surface area contributed by atoms with E-state index in [1.54, 1.807) is 0 Å². The fourth-order valence-electron chi connectivity index (χ4n) is 3.40. The van der Waals surface area contributed by atoms with Gasteiger partial charge in [-0.05, 0) is 25.8 Å². The molecule has 3 amide bonds. The Hall–Kier alpha value is -1.37. The van der Waals surface area contributed by atoms with Crippen molar-refractivity contribution in [2.24, 2.45) is 0 Å². The minimum Gasteiger partial charge on any atom is -0.335 e. The Labute approximate surface area is 161 Å². The minimum atomic E-state index is -3.00. The van der Waals surface area contributed by atoms with E-state index in [2.05, 4.69) is 0 Å². The Morgan fingerprint density at radius 1 is 0.577 bits per heavy atom. The Morgan fingerprint density at radius 3 is 0.962 bits per heavy atom. The monoisotopic (exact) mass is 385 g/mol. The predicted octanol–water partition coefficient (Wildman–Crippen LogP) is 3.50. The van der Waals surface area contributed by atoms with Gasteiger partial charge in [0.15, 0.2) is 0 Å². The minimum absolute atomic E-state index is 0.0241. The molecule has 152 valence electrons. The zero-order valence-electron chi connectivity index (χ0n) is 17.9. The topological polar surface area (TPSA) is 60.9 Å². The molecular formula is C19H39N3O3Si. The summed E-state index contributed by atoms with van der Waals surface area (Å²) < 4.78 is 5.62. The van der Waals surface area contributed by atoms with Crippen LogP contribution in [0.3, 0.4) is 0 Å². The molecule has 6 nitrogen and oxygen atoms in total. The van der Waals surface area contributed by atoms with Crippen LogP contribution in [0.25, 0.3) is 0 Å². The van der Waals surface area contributed by atoms with Crippen LogP contribution in [0.4, 0.5) is 0 Å². The smallest absolute Gasteiger partial charge is 0.335 e. The molecule has 0 saturated heterocycles. The maximum atomic E-state index is 12.9. The first-order valence-electron chi connectivity index (χ1n) is 10.2. The lowest BCUT2D eigenvalue weighted by Gasteiger charge is -2.51. The highest BCUT2D eigenvalue weighted by atomic mass is 28.4. The zero-order chi connectivity index (χ0) is 20.3. The van der Waals surface area contributed by atoms with Crippen molar-refractivity contribution in [3.8, 4) is 0 Å². The quantitative estimate of drug-likeness (QED) is 0.483. The lowest BCUT2D eigenvalue weighted by atomic mass is 10.4. The number of carbonyl (C=O) groups is 3. The average molecular weight is 386 g/mol. The molecule has 0 bridgehead atoms. The predicted molar refractivity (Wildman–Crippen MR) is 109 cm³/mol. The maximum Gasteiger partial charge on any atom is 0.383 e. The fourth-order valence-corrected chi connectivity index (χ4v) is 8.11. The van der Waals surface area contributed by atoms with E-state index in [-0.39, 0.29) is 17.7 Å². The largest absolute Gasteiger partial charge is 0.383 e. The molecule has 0 aromatic rings. The highest BCUT2D eigenvalue weighted by Gasteiger charge is 2.52. The van der Waals surface area contributed by atoms with E-state index >= 15 is 0 Å². The normalized spacial score (nSPS) is 11.2. The van der Waals surface area contributed by atoms with E-state index in [9.17, 15) is 14.4 Å². The van der Waals surface area contributed by atoms with Gasteiger partial charge in [0.05, 0.1) is 0 Å². The first-order chi connectivity index (χ1) is 12.3. The van der Waals surface area contributed by atoms with E-state index in [0.29, 0.717) is 38.9 Å². The van der Waals surface area contributed by atoms with Gasteiger partial charge in [-0.3, -0.25) is 14.4 Å². The molecule has 0 radical (unpaired) electrons. The van der Waals surface area contributed by atoms with E-state index in [4.69, 9.17) is 0 Å². The van der Waals surface area contributed by atoms with Crippen LogP contribution in [0.15, 0.2) is 0 Å². The fraction of sp³-hybridized carbons (Fsp3) is 0.842. The van der Waals surface area contributed by atoms with Crippen LogP contribution < -0.4 is 0 Å². The van der Waals surface area contributed by atoms with Crippen molar-refractivity contribution >= 4 is 26.3 Å². The lowest BCUT2D eigenvalue weighted by molar-refractivity contribution is -0.132. The summed E-state index contributed by atoms with van der Waals surface area (Å²) in [6.07, 6.45) is 3.54. The maximum absolute atomic E-state index is 12.9. The number of nitrogens with zero attached hydrogens (tertiary/aromatic N) is 3. The van der Waals surface area contributed by atoms with Crippen molar-refractivity contribution in [1.82, 2.24) is 13.7 Å². The van der Waals surface area contributed by atoms with Gasteiger partial charge in [0, 0.05) is 38.9 Å². The molecule has 0 aromatic carbocycles. The van der Waals surface area contributed by atoms with E-state index in [0.717, 1.165) is 19.3 Å². The average Bonchev–Trinajstić information content (AvgIpc) is 2.65. The van der Waals surface area contributed by atoms with Crippen molar-refractivity contribution in [2.75, 3.05) is 19.6 Å². The summed E-state index contributed by atoms with van der Waals surface area (Å²) in [4.78, 5) is 38.6. The number of rotatable bonds is 12. The van der Waals surface area contributed by atoms with Crippen molar-refractivity contribution in [3.63, 3.8) is 0 Å². The van der Waals surface area contributed by atoms with Gasteiger partial charge in [0.25, 0.3) is 0 Å². The SMILES string of the molecule is CCCN(C(=O)CC)[Si](C)(N(CCC)C(=O)CC)N(CCC)C(=O)CC. The highest BCUT2D eigenvalue weighted by molar-refractivity contribution is 6.76. The van der Waals surface area contributed by atoms with Gasteiger partial charge in [0.1, 0.15) is 0 Å². The van der Waals surface area contributed by atoms with Crippen molar-refractivity contribution in [3.05, 3.63) is 0 Å². The summed E-state index contributed by atoms with van der Waals surface area (Å²) in [5, 5.41) is 0. The van der Waals surface area contributed by atoms with Crippen LogP contribution in [-0.2, 0) is 14.4 Å². The second-order valence-electron chi connectivity index (χ2n) is 6.67. The third-order valence-electron chi connectivity index (χ3n) is 4.69. The Morgan fingerprint density at radius 2 is 0.808 bits per heavy atom. The Bertz CT molecular complexity index is 406. The van der Waals surface area contributed by atoms with Gasteiger partial charge in [-0.2, -0.15) is 0 Å². The van der Waals surface area contributed by atoms with Crippen LogP contribution in [0.5, 0.6) is 0 Å². The van der Waals surface area contributed by atoms with Crippen LogP contribution in [-0.4, -0.2) is 59.6 Å². The lowest BCUT2D eigenvalue weighted by Crippen LogP contribution is -2.76. The zero-order valence-corrected chi connectivity index (χ0v) is 18.9. The summed E-state index contributed by atoms with van der Waals surface area (Å²) in [7, 11) is -3.00. The van der Waals surface area contributed by atoms with Crippen LogP contribution in [0, 0.1) is 0 Å². The molecule has 0 heterocycles. The van der Waals surface area contributed by atoms with Gasteiger partial charge in [-0.1, -0.05) is 41.5 Å². The first-order valence-corrected chi connectivity index (χ1v) is 12.5. The molecule has 0 atom stereocenters. The standard InChI is InChI=1S/C19H39N3O3Si/c1-8-14-20(17(23)11-4)26(7,21(15-9-2)18(24)12-5)22(16-10-3)19(25)13-6/h8-16H2,1-7H3. The van der Waals surface area contributed by atoms with Gasteiger partial charge in [-0.15, -0.1) is 0 Å². The number of hydrogen-bond donors (Lipinski definition) is 0. The summed E-state index contributed by atoms with van der Waals surface area (Å²) >= 11 is 0. The molecule has 0 rings (SSSR count). The number of carbonyl (C=O) groups excluding carboxylic acids is 3. The molecule has 7 heteroatoms. The van der Waals surface area contributed by atoms with E-state index in [1.807, 2.05) is 61.8 Å². The van der Waals surface area contributed by atoms with E-state index < -0.39 is 8.56 Å². The van der Waals surface area contributed by atoms with Gasteiger partial charge in [0.2, 0.25) is 17.7 Å². The molecule has 0 aliphatic heterocycles. The molecule has 0 unspecified atom stereocenters. The van der Waals surface area contributed by atoms with Crippen molar-refractivity contribution in [2.45, 2.75) is 86.6 Å². The van der Waals surface area contributed by atoms with Gasteiger partial charge in [-0.25, -0.2) is 0 Å². The Kier molecular flexibility index (Phi) is 11.5. The van der Waals surface area contributed by atoms with Crippen LogP contribution >= 0.6 is 0 Å². The molecule has 0 aliphatic carbocycles. The van der Waals surface area contributed by atoms with Crippen molar-refractivity contribution < 1.29 is 14.4 Å². The summed E-state index contributed by atoms with van der Waals surface area (Å²) in [6.45, 7) is 15.3. The molecule has 0 N–H and O–H groups in total. The summed E-state index contributed by atoms with van der Waals surface area (Å²) in [6, 6.07) is 0. The highest BCUT2D eigenvalue weighted by Crippen LogP contribution is 2.25. The number of amides is 3. The first kappa shape index (κ1) is 24.6. The molecule has 0 aliphatic rings. The van der Waals surface area contributed by atoms with Crippen LogP contribution in [0.2, 0.25) is 6.55 Å². The Balaban J connectivity index is 6.53. The summed E-state index contributed by atoms with van der Waals surface area (Å²) in [5.41, 5.74) is 0. The van der Waals surface area contributed by atoms with Gasteiger partial charge >= 0.3 is 8.56 Å². The molecule has 26 heavy (non-hydrogen) atoms. The molecule has 0 fully saturated rings. The second-order valence-corrected chi connectivity index (χ2v) is 10.2.